The molecule has 5 rings (SSSR count). The highest BCUT2D eigenvalue weighted by Gasteiger charge is 2.39. The molecule has 3 aromatic carbocycles. The molecule has 182 valence electrons. The maximum Gasteiger partial charge on any atom is 0.248 e. The summed E-state index contributed by atoms with van der Waals surface area (Å²) < 4.78 is 0. The number of pyridine rings is 1. The van der Waals surface area contributed by atoms with Gasteiger partial charge in [-0.05, 0) is 42.3 Å². The van der Waals surface area contributed by atoms with Gasteiger partial charge in [-0.15, -0.1) is 0 Å². The summed E-state index contributed by atoms with van der Waals surface area (Å²) in [4.78, 5) is 18.5. The first-order valence-corrected chi connectivity index (χ1v) is 12.7. The molecule has 1 aliphatic rings. The zero-order valence-electron chi connectivity index (χ0n) is 20.7. The highest BCUT2D eigenvalue weighted by atomic mass is 35.5. The van der Waals surface area contributed by atoms with Crippen LogP contribution in [0.15, 0.2) is 77.9 Å². The van der Waals surface area contributed by atoms with Crippen LogP contribution in [0.25, 0.3) is 22.0 Å². The fourth-order valence-corrected chi connectivity index (χ4v) is 5.15. The molecular formula is C30H27Cl2N3O. The van der Waals surface area contributed by atoms with E-state index in [4.69, 9.17) is 33.3 Å². The molecule has 0 bridgehead atoms. The minimum Gasteiger partial charge on any atom is -0.272 e. The second kappa shape index (κ2) is 9.34. The Kier molecular flexibility index (Phi) is 6.36. The molecule has 0 spiro atoms. The smallest absolute Gasteiger partial charge is 0.248 e. The number of benzene rings is 3. The van der Waals surface area contributed by atoms with Crippen molar-refractivity contribution >= 4 is 45.7 Å². The van der Waals surface area contributed by atoms with Gasteiger partial charge in [0.05, 0.1) is 17.3 Å². The van der Waals surface area contributed by atoms with Gasteiger partial charge in [-0.1, -0.05) is 92.5 Å². The van der Waals surface area contributed by atoms with Crippen LogP contribution in [0, 0.1) is 12.3 Å². The van der Waals surface area contributed by atoms with Crippen LogP contribution in [0.3, 0.4) is 0 Å². The summed E-state index contributed by atoms with van der Waals surface area (Å²) >= 11 is 12.7. The van der Waals surface area contributed by atoms with E-state index in [1.54, 1.807) is 5.01 Å². The van der Waals surface area contributed by atoms with Crippen molar-refractivity contribution in [2.75, 3.05) is 0 Å². The Morgan fingerprint density at radius 2 is 1.64 bits per heavy atom. The average Bonchev–Trinajstić information content (AvgIpc) is 3.27. The maximum absolute atomic E-state index is 13.6. The zero-order valence-corrected chi connectivity index (χ0v) is 22.2. The molecule has 1 aromatic heterocycles. The summed E-state index contributed by atoms with van der Waals surface area (Å²) in [6.07, 6.45) is 0.559. The first-order chi connectivity index (χ1) is 17.1. The first kappa shape index (κ1) is 24.5. The largest absolute Gasteiger partial charge is 0.272 e. The van der Waals surface area contributed by atoms with E-state index in [0.29, 0.717) is 16.5 Å². The van der Waals surface area contributed by atoms with Crippen molar-refractivity contribution in [3.05, 3.63) is 99.7 Å². The summed E-state index contributed by atoms with van der Waals surface area (Å²) in [7, 11) is 0. The third-order valence-corrected chi connectivity index (χ3v) is 6.94. The number of amides is 1. The van der Waals surface area contributed by atoms with Crippen molar-refractivity contribution in [2.24, 2.45) is 10.5 Å². The summed E-state index contributed by atoms with van der Waals surface area (Å²) in [5.41, 5.74) is 5.93. The van der Waals surface area contributed by atoms with E-state index in [0.717, 1.165) is 44.6 Å². The second-order valence-corrected chi connectivity index (χ2v) is 11.1. The molecule has 0 N–H and O–H groups in total. The molecule has 4 aromatic rings. The lowest BCUT2D eigenvalue weighted by atomic mass is 9.89. The van der Waals surface area contributed by atoms with Gasteiger partial charge in [0.2, 0.25) is 5.91 Å². The molecule has 1 atom stereocenters. The van der Waals surface area contributed by atoms with Gasteiger partial charge in [0.1, 0.15) is 0 Å². The number of carbonyl (C=O) groups excluding carboxylic acids is 1. The van der Waals surface area contributed by atoms with E-state index >= 15 is 0 Å². The lowest BCUT2D eigenvalue weighted by Crippen LogP contribution is -2.36. The third-order valence-electron chi connectivity index (χ3n) is 6.47. The van der Waals surface area contributed by atoms with Crippen LogP contribution >= 0.6 is 23.2 Å². The summed E-state index contributed by atoms with van der Waals surface area (Å²) in [5.74, 6) is -0.0399. The number of aromatic nitrogens is 1. The quantitative estimate of drug-likeness (QED) is 0.275. The van der Waals surface area contributed by atoms with Gasteiger partial charge < -0.3 is 0 Å². The van der Waals surface area contributed by atoms with Gasteiger partial charge in [-0.3, -0.25) is 9.78 Å². The number of nitrogens with zero attached hydrogens (tertiary/aromatic N) is 3. The minimum absolute atomic E-state index is 0.0399. The minimum atomic E-state index is -0.592. The third kappa shape index (κ3) is 4.52. The number of carbonyl (C=O) groups is 1. The molecular weight excluding hydrogens is 489 g/mol. The van der Waals surface area contributed by atoms with E-state index in [2.05, 4.69) is 12.1 Å². The Bertz CT molecular complexity index is 1510. The molecule has 36 heavy (non-hydrogen) atoms. The van der Waals surface area contributed by atoms with E-state index < -0.39 is 5.41 Å². The Hall–Kier alpha value is -3.21. The number of rotatable bonds is 3. The Balaban J connectivity index is 1.74. The predicted octanol–water partition coefficient (Wildman–Crippen LogP) is 8.24. The summed E-state index contributed by atoms with van der Waals surface area (Å²) in [6, 6.07) is 23.4. The van der Waals surface area contributed by atoms with E-state index in [1.807, 2.05) is 88.4 Å². The van der Waals surface area contributed by atoms with Gasteiger partial charge in [0, 0.05) is 44.1 Å². The molecule has 6 heteroatoms. The van der Waals surface area contributed by atoms with Gasteiger partial charge in [-0.2, -0.15) is 5.10 Å². The van der Waals surface area contributed by atoms with Crippen LogP contribution in [0.5, 0.6) is 0 Å². The predicted molar refractivity (Wildman–Crippen MR) is 149 cm³/mol. The number of hydrazone groups is 1. The van der Waals surface area contributed by atoms with Crippen LogP contribution in [0.4, 0.5) is 0 Å². The fourth-order valence-electron chi connectivity index (χ4n) is 4.78. The van der Waals surface area contributed by atoms with Gasteiger partial charge in [0.15, 0.2) is 0 Å². The van der Waals surface area contributed by atoms with Crippen LogP contribution < -0.4 is 0 Å². The number of hydrogen-bond acceptors (Lipinski definition) is 3. The number of halogens is 2. The van der Waals surface area contributed by atoms with E-state index in [-0.39, 0.29) is 11.9 Å². The summed E-state index contributed by atoms with van der Waals surface area (Å²) in [5, 5.41) is 8.88. The van der Waals surface area contributed by atoms with Crippen molar-refractivity contribution in [3.63, 3.8) is 0 Å². The maximum atomic E-state index is 13.6. The number of aryl methyl sites for hydroxylation is 1. The molecule has 0 saturated carbocycles. The molecule has 1 aliphatic heterocycles. The first-order valence-electron chi connectivity index (χ1n) is 12.0. The Labute approximate surface area is 221 Å². The van der Waals surface area contributed by atoms with Crippen LogP contribution in [-0.4, -0.2) is 21.6 Å². The summed E-state index contributed by atoms with van der Waals surface area (Å²) in [6.45, 7) is 7.74. The molecule has 1 unspecified atom stereocenters. The second-order valence-electron chi connectivity index (χ2n) is 10.2. The monoisotopic (exact) mass is 515 g/mol. The highest BCUT2D eigenvalue weighted by molar-refractivity contribution is 6.31. The lowest BCUT2D eigenvalue weighted by molar-refractivity contribution is -0.141. The molecule has 0 saturated heterocycles. The van der Waals surface area contributed by atoms with Crippen LogP contribution in [-0.2, 0) is 4.79 Å². The van der Waals surface area contributed by atoms with Crippen molar-refractivity contribution in [2.45, 2.75) is 40.2 Å². The molecule has 0 aliphatic carbocycles. The topological polar surface area (TPSA) is 45.6 Å². The molecule has 4 nitrogen and oxygen atoms in total. The molecule has 0 fully saturated rings. The van der Waals surface area contributed by atoms with Crippen molar-refractivity contribution < 1.29 is 4.79 Å². The van der Waals surface area contributed by atoms with Crippen molar-refractivity contribution in [3.8, 4) is 11.1 Å². The molecule has 2 heterocycles. The van der Waals surface area contributed by atoms with E-state index in [1.165, 1.54) is 0 Å². The molecule has 1 amide bonds. The van der Waals surface area contributed by atoms with Crippen molar-refractivity contribution in [1.29, 1.82) is 0 Å². The number of fused-ring (bicyclic) bond motifs is 1. The van der Waals surface area contributed by atoms with Gasteiger partial charge in [0.25, 0.3) is 0 Å². The highest BCUT2D eigenvalue weighted by Crippen LogP contribution is 2.41. The number of hydrogen-bond donors (Lipinski definition) is 0. The standard InChI is InChI=1S/C30H27Cl2N3O/c1-18-27(28(19-9-6-5-7-10-19)23-14-13-22(32)16-24(23)33-18)25-17-26(20-11-8-12-21(31)15-20)35(34-25)29(36)30(2,3)4/h5-16,26H,17H2,1-4H3. The Morgan fingerprint density at radius 3 is 2.33 bits per heavy atom. The van der Waals surface area contributed by atoms with Crippen LogP contribution in [0.1, 0.15) is 50.1 Å². The SMILES string of the molecule is Cc1nc2cc(Cl)ccc2c(-c2ccccc2)c1C1=NN(C(=O)C(C)(C)C)C(c2cccc(Cl)c2)C1. The van der Waals surface area contributed by atoms with Crippen LogP contribution in [0.2, 0.25) is 10.0 Å². The fraction of sp³-hybridized carbons (Fsp3) is 0.233. The van der Waals surface area contributed by atoms with Crippen molar-refractivity contribution in [1.82, 2.24) is 9.99 Å². The van der Waals surface area contributed by atoms with Gasteiger partial charge >= 0.3 is 0 Å². The lowest BCUT2D eigenvalue weighted by Gasteiger charge is -2.28. The zero-order chi connectivity index (χ0) is 25.6. The molecule has 0 radical (unpaired) electrons. The van der Waals surface area contributed by atoms with E-state index in [9.17, 15) is 4.79 Å². The normalized spacial score (nSPS) is 15.9. The van der Waals surface area contributed by atoms with Gasteiger partial charge in [-0.25, -0.2) is 5.01 Å². The average molecular weight is 516 g/mol. The Morgan fingerprint density at radius 1 is 0.917 bits per heavy atom.